The van der Waals surface area contributed by atoms with Gasteiger partial charge in [0.1, 0.15) is 0 Å². The van der Waals surface area contributed by atoms with Gasteiger partial charge in [0.05, 0.1) is 5.41 Å². The number of hydrogen-bond acceptors (Lipinski definition) is 4. The highest BCUT2D eigenvalue weighted by Crippen LogP contribution is 2.38. The van der Waals surface area contributed by atoms with Crippen molar-refractivity contribution in [1.82, 2.24) is 0 Å². The summed E-state index contributed by atoms with van der Waals surface area (Å²) in [6, 6.07) is 4.64. The van der Waals surface area contributed by atoms with Crippen LogP contribution in [0.5, 0.6) is 11.5 Å². The molecule has 0 bridgehead atoms. The van der Waals surface area contributed by atoms with Crippen molar-refractivity contribution in [1.29, 1.82) is 0 Å². The number of carbonyl (C=O) groups is 1. The maximum atomic E-state index is 11.1. The minimum Gasteiger partial charge on any atom is -0.481 e. The Morgan fingerprint density at radius 2 is 2.06 bits per heavy atom. The van der Waals surface area contributed by atoms with E-state index in [2.05, 4.69) is 0 Å². The van der Waals surface area contributed by atoms with Gasteiger partial charge in [-0.25, -0.2) is 0 Å². The molecule has 5 heteroatoms. The van der Waals surface area contributed by atoms with Crippen LogP contribution in [-0.2, 0) is 4.79 Å². The van der Waals surface area contributed by atoms with E-state index in [-0.39, 0.29) is 6.79 Å². The fraction of sp³-hybridized carbons (Fsp3) is 0.417. The molecule has 3 N–H and O–H groups in total. The molecule has 17 heavy (non-hydrogen) atoms. The second kappa shape index (κ2) is 3.92. The van der Waals surface area contributed by atoms with Crippen molar-refractivity contribution in [3.05, 3.63) is 23.8 Å². The summed E-state index contributed by atoms with van der Waals surface area (Å²) < 4.78 is 10.4. The molecule has 0 saturated carbocycles. The number of carboxylic acid groups (broad SMARTS) is 1. The van der Waals surface area contributed by atoms with E-state index < -0.39 is 17.4 Å². The minimum absolute atomic E-state index is 0.191. The Morgan fingerprint density at radius 3 is 2.71 bits per heavy atom. The predicted molar refractivity (Wildman–Crippen MR) is 60.9 cm³/mol. The van der Waals surface area contributed by atoms with Crippen LogP contribution in [0.4, 0.5) is 0 Å². The van der Waals surface area contributed by atoms with Crippen molar-refractivity contribution >= 4 is 5.97 Å². The molecule has 0 radical (unpaired) electrons. The fourth-order valence-electron chi connectivity index (χ4n) is 1.66. The van der Waals surface area contributed by atoms with Gasteiger partial charge in [-0.05, 0) is 31.5 Å². The molecular weight excluding hydrogens is 222 g/mol. The number of rotatable bonds is 3. The number of benzene rings is 1. The van der Waals surface area contributed by atoms with Gasteiger partial charge >= 0.3 is 5.97 Å². The SMILES string of the molecule is CC(C)(C(=O)O)C(N)c1ccc2c(c1)OCO2. The van der Waals surface area contributed by atoms with Gasteiger partial charge < -0.3 is 20.3 Å². The summed E-state index contributed by atoms with van der Waals surface area (Å²) in [6.45, 7) is 3.39. The normalized spacial score (nSPS) is 15.7. The van der Waals surface area contributed by atoms with E-state index >= 15 is 0 Å². The van der Waals surface area contributed by atoms with E-state index in [4.69, 9.17) is 20.3 Å². The predicted octanol–water partition coefficient (Wildman–Crippen LogP) is 1.53. The monoisotopic (exact) mass is 237 g/mol. The molecule has 1 aliphatic heterocycles. The molecule has 1 unspecified atom stereocenters. The van der Waals surface area contributed by atoms with Crippen LogP contribution in [0.3, 0.4) is 0 Å². The van der Waals surface area contributed by atoms with E-state index in [9.17, 15) is 4.79 Å². The van der Waals surface area contributed by atoms with Gasteiger partial charge in [-0.3, -0.25) is 4.79 Å². The molecule has 92 valence electrons. The number of fused-ring (bicyclic) bond motifs is 1. The van der Waals surface area contributed by atoms with Gasteiger partial charge in [0, 0.05) is 6.04 Å². The number of hydrogen-bond donors (Lipinski definition) is 2. The summed E-state index contributed by atoms with van der Waals surface area (Å²) >= 11 is 0. The van der Waals surface area contributed by atoms with Gasteiger partial charge in [0.15, 0.2) is 11.5 Å². The third-order valence-electron chi connectivity index (χ3n) is 3.08. The van der Waals surface area contributed by atoms with E-state index in [1.165, 1.54) is 0 Å². The smallest absolute Gasteiger partial charge is 0.311 e. The lowest BCUT2D eigenvalue weighted by atomic mass is 9.81. The Kier molecular flexibility index (Phi) is 2.71. The molecule has 0 fully saturated rings. The fourth-order valence-corrected chi connectivity index (χ4v) is 1.66. The lowest BCUT2D eigenvalue weighted by Crippen LogP contribution is -2.36. The second-order valence-corrected chi connectivity index (χ2v) is 4.62. The molecule has 1 heterocycles. The minimum atomic E-state index is -1.03. The van der Waals surface area contributed by atoms with Gasteiger partial charge in [-0.1, -0.05) is 6.07 Å². The summed E-state index contributed by atoms with van der Waals surface area (Å²) in [5.74, 6) is 0.343. The first-order valence-electron chi connectivity index (χ1n) is 5.31. The molecule has 5 nitrogen and oxygen atoms in total. The average Bonchev–Trinajstić information content (AvgIpc) is 2.74. The van der Waals surface area contributed by atoms with Crippen molar-refractivity contribution in [2.75, 3.05) is 6.79 Å². The van der Waals surface area contributed by atoms with Gasteiger partial charge in [0.25, 0.3) is 0 Å². The third kappa shape index (κ3) is 1.93. The van der Waals surface area contributed by atoms with Gasteiger partial charge in [-0.15, -0.1) is 0 Å². The van der Waals surface area contributed by atoms with Crippen LogP contribution in [0, 0.1) is 5.41 Å². The van der Waals surface area contributed by atoms with Crippen molar-refractivity contribution in [3.63, 3.8) is 0 Å². The average molecular weight is 237 g/mol. The standard InChI is InChI=1S/C12H15NO4/c1-12(2,11(14)15)10(13)7-3-4-8-9(5-7)17-6-16-8/h3-5,10H,6,13H2,1-2H3,(H,14,15). The van der Waals surface area contributed by atoms with E-state index in [1.54, 1.807) is 32.0 Å². The van der Waals surface area contributed by atoms with Crippen molar-refractivity contribution < 1.29 is 19.4 Å². The lowest BCUT2D eigenvalue weighted by Gasteiger charge is -2.27. The van der Waals surface area contributed by atoms with Crippen LogP contribution in [0.25, 0.3) is 0 Å². The van der Waals surface area contributed by atoms with Crippen molar-refractivity contribution in [2.24, 2.45) is 11.1 Å². The number of nitrogens with two attached hydrogens (primary N) is 1. The maximum absolute atomic E-state index is 11.1. The number of ether oxygens (including phenoxy) is 2. The summed E-state index contributed by atoms with van der Waals surface area (Å²) in [5, 5.41) is 9.13. The summed E-state index contributed by atoms with van der Waals surface area (Å²) in [6.07, 6.45) is 0. The first-order chi connectivity index (χ1) is 7.93. The molecule has 0 saturated heterocycles. The van der Waals surface area contributed by atoms with Crippen LogP contribution < -0.4 is 15.2 Å². The molecule has 2 rings (SSSR count). The Morgan fingerprint density at radius 1 is 1.41 bits per heavy atom. The van der Waals surface area contributed by atoms with E-state index in [0.717, 1.165) is 5.56 Å². The zero-order valence-corrected chi connectivity index (χ0v) is 9.77. The highest BCUT2D eigenvalue weighted by molar-refractivity contribution is 5.75. The molecule has 1 aromatic carbocycles. The van der Waals surface area contributed by atoms with Crippen molar-refractivity contribution in [3.8, 4) is 11.5 Å². The molecule has 1 aromatic rings. The molecule has 0 aliphatic carbocycles. The van der Waals surface area contributed by atoms with Crippen LogP contribution in [0.1, 0.15) is 25.5 Å². The first kappa shape index (κ1) is 11.7. The topological polar surface area (TPSA) is 81.8 Å². The van der Waals surface area contributed by atoms with Crippen LogP contribution >= 0.6 is 0 Å². The van der Waals surface area contributed by atoms with Crippen LogP contribution in [0.15, 0.2) is 18.2 Å². The van der Waals surface area contributed by atoms with Crippen LogP contribution in [-0.4, -0.2) is 17.9 Å². The Hall–Kier alpha value is -1.75. The molecule has 0 spiro atoms. The summed E-state index contributed by atoms with van der Waals surface area (Å²) in [5.41, 5.74) is 5.68. The molecule has 0 amide bonds. The third-order valence-corrected chi connectivity index (χ3v) is 3.08. The summed E-state index contributed by atoms with van der Waals surface area (Å²) in [4.78, 5) is 11.1. The Bertz CT molecular complexity index is 456. The zero-order valence-electron chi connectivity index (χ0n) is 9.77. The highest BCUT2D eigenvalue weighted by Gasteiger charge is 2.36. The van der Waals surface area contributed by atoms with Crippen molar-refractivity contribution in [2.45, 2.75) is 19.9 Å². The molecular formula is C12H15NO4. The number of carboxylic acids is 1. The van der Waals surface area contributed by atoms with E-state index in [0.29, 0.717) is 11.5 Å². The van der Waals surface area contributed by atoms with E-state index in [1.807, 2.05) is 0 Å². The molecule has 0 aromatic heterocycles. The first-order valence-corrected chi connectivity index (χ1v) is 5.31. The summed E-state index contributed by atoms with van der Waals surface area (Å²) in [7, 11) is 0. The lowest BCUT2D eigenvalue weighted by molar-refractivity contribution is -0.148. The van der Waals surface area contributed by atoms with Gasteiger partial charge in [0.2, 0.25) is 6.79 Å². The molecule has 1 atom stereocenters. The maximum Gasteiger partial charge on any atom is 0.311 e. The Labute approximate surface area is 99.1 Å². The van der Waals surface area contributed by atoms with Gasteiger partial charge in [-0.2, -0.15) is 0 Å². The largest absolute Gasteiger partial charge is 0.481 e. The number of aliphatic carboxylic acids is 1. The van der Waals surface area contributed by atoms with Crippen LogP contribution in [0.2, 0.25) is 0 Å². The molecule has 1 aliphatic rings. The Balaban J connectivity index is 2.32. The quantitative estimate of drug-likeness (QED) is 0.833. The highest BCUT2D eigenvalue weighted by atomic mass is 16.7. The zero-order chi connectivity index (χ0) is 12.6. The second-order valence-electron chi connectivity index (χ2n) is 4.62.